The van der Waals surface area contributed by atoms with Crippen LogP contribution in [0, 0.1) is 6.92 Å². The van der Waals surface area contributed by atoms with Crippen molar-refractivity contribution in [3.63, 3.8) is 0 Å². The van der Waals surface area contributed by atoms with Crippen LogP contribution >= 0.6 is 11.6 Å². The summed E-state index contributed by atoms with van der Waals surface area (Å²) in [5, 5.41) is 0.767. The zero-order chi connectivity index (χ0) is 15.6. The first-order valence-electron chi connectivity index (χ1n) is 7.08. The minimum atomic E-state index is -0.133. The van der Waals surface area contributed by atoms with Gasteiger partial charge in [0.25, 0.3) is 0 Å². The fourth-order valence-electron chi connectivity index (χ4n) is 2.16. The molecule has 0 radical (unpaired) electrons. The molecule has 112 valence electrons. The van der Waals surface area contributed by atoms with Gasteiger partial charge in [-0.05, 0) is 49.1 Å². The maximum atomic E-state index is 6.29. The summed E-state index contributed by atoms with van der Waals surface area (Å²) in [6.45, 7) is 8.10. The molecule has 3 nitrogen and oxygen atoms in total. The van der Waals surface area contributed by atoms with Gasteiger partial charge in [-0.2, -0.15) is 0 Å². The second-order valence-corrected chi connectivity index (χ2v) is 5.99. The van der Waals surface area contributed by atoms with E-state index in [0.29, 0.717) is 11.8 Å². The van der Waals surface area contributed by atoms with E-state index in [1.165, 1.54) is 0 Å². The summed E-state index contributed by atoms with van der Waals surface area (Å²) >= 11 is 6.29. The minimum absolute atomic E-state index is 0.133. The molecule has 1 atom stereocenters. The predicted molar refractivity (Wildman–Crippen MR) is 87.2 cm³/mol. The lowest BCUT2D eigenvalue weighted by Gasteiger charge is -2.16. The van der Waals surface area contributed by atoms with E-state index < -0.39 is 0 Å². The standard InChI is InChI=1S/C17H21ClN2O/c1-10(2)14-9-16(11(3)8-15(14)18)21-17-13(12(4)19)6-5-7-20-17/h5-10,12H,19H2,1-4H3/t12-/m0/s1. The molecule has 0 aliphatic carbocycles. The van der Waals surface area contributed by atoms with Crippen molar-refractivity contribution in [1.29, 1.82) is 0 Å². The summed E-state index contributed by atoms with van der Waals surface area (Å²) in [6, 6.07) is 7.58. The number of nitrogens with zero attached hydrogens (tertiary/aromatic N) is 1. The lowest BCUT2D eigenvalue weighted by Crippen LogP contribution is -2.07. The Kier molecular flexibility index (Phi) is 4.86. The molecule has 0 unspecified atom stereocenters. The number of halogens is 1. The highest BCUT2D eigenvalue weighted by molar-refractivity contribution is 6.31. The Hall–Kier alpha value is -1.58. The van der Waals surface area contributed by atoms with Crippen LogP contribution in [0.2, 0.25) is 5.02 Å². The minimum Gasteiger partial charge on any atom is -0.438 e. The van der Waals surface area contributed by atoms with E-state index in [1.807, 2.05) is 38.1 Å². The second-order valence-electron chi connectivity index (χ2n) is 5.58. The van der Waals surface area contributed by atoms with Crippen LogP contribution in [0.15, 0.2) is 30.5 Å². The Labute approximate surface area is 131 Å². The highest BCUT2D eigenvalue weighted by atomic mass is 35.5. The third-order valence-electron chi connectivity index (χ3n) is 3.41. The van der Waals surface area contributed by atoms with E-state index >= 15 is 0 Å². The number of aryl methyl sites for hydroxylation is 1. The molecular weight excluding hydrogens is 284 g/mol. The van der Waals surface area contributed by atoms with Gasteiger partial charge in [-0.3, -0.25) is 0 Å². The molecule has 0 spiro atoms. The van der Waals surface area contributed by atoms with Gasteiger partial charge < -0.3 is 10.5 Å². The Morgan fingerprint density at radius 3 is 2.52 bits per heavy atom. The number of nitrogens with two attached hydrogens (primary N) is 1. The molecule has 0 fully saturated rings. The maximum absolute atomic E-state index is 6.29. The first-order chi connectivity index (χ1) is 9.90. The molecule has 1 heterocycles. The Bertz CT molecular complexity index is 639. The fourth-order valence-corrected chi connectivity index (χ4v) is 2.60. The topological polar surface area (TPSA) is 48.1 Å². The third-order valence-corrected chi connectivity index (χ3v) is 3.74. The van der Waals surface area contributed by atoms with Crippen LogP contribution in [-0.2, 0) is 0 Å². The van der Waals surface area contributed by atoms with E-state index in [9.17, 15) is 0 Å². The lowest BCUT2D eigenvalue weighted by molar-refractivity contribution is 0.448. The number of hydrogen-bond acceptors (Lipinski definition) is 3. The van der Waals surface area contributed by atoms with Crippen LogP contribution in [0.5, 0.6) is 11.6 Å². The number of ether oxygens (including phenoxy) is 1. The molecule has 0 aliphatic rings. The van der Waals surface area contributed by atoms with Crippen LogP contribution in [0.3, 0.4) is 0 Å². The van der Waals surface area contributed by atoms with Crippen molar-refractivity contribution < 1.29 is 4.74 Å². The normalized spacial score (nSPS) is 12.5. The van der Waals surface area contributed by atoms with Crippen LogP contribution in [0.1, 0.15) is 49.4 Å². The third kappa shape index (κ3) is 3.55. The Balaban J connectivity index is 2.43. The molecule has 4 heteroatoms. The van der Waals surface area contributed by atoms with E-state index in [4.69, 9.17) is 22.1 Å². The molecule has 2 aromatic rings. The molecule has 2 N–H and O–H groups in total. The molecule has 21 heavy (non-hydrogen) atoms. The molecule has 0 aliphatic heterocycles. The molecular formula is C17H21ClN2O. The van der Waals surface area contributed by atoms with Crippen molar-refractivity contribution in [2.45, 2.75) is 39.7 Å². The summed E-state index contributed by atoms with van der Waals surface area (Å²) < 4.78 is 6.00. The van der Waals surface area contributed by atoms with Gasteiger partial charge in [0.15, 0.2) is 0 Å². The van der Waals surface area contributed by atoms with Crippen LogP contribution in [-0.4, -0.2) is 4.98 Å². The van der Waals surface area contributed by atoms with Crippen molar-refractivity contribution in [2.24, 2.45) is 5.73 Å². The first-order valence-corrected chi connectivity index (χ1v) is 7.46. The SMILES string of the molecule is Cc1cc(Cl)c(C(C)C)cc1Oc1ncccc1[C@H](C)N. The number of aromatic nitrogens is 1. The van der Waals surface area contributed by atoms with Crippen LogP contribution in [0.4, 0.5) is 0 Å². The molecule has 2 rings (SSSR count). The quantitative estimate of drug-likeness (QED) is 0.866. The molecule has 1 aromatic carbocycles. The molecule has 1 aromatic heterocycles. The maximum Gasteiger partial charge on any atom is 0.223 e. The molecule has 0 amide bonds. The van der Waals surface area contributed by atoms with E-state index in [-0.39, 0.29) is 6.04 Å². The largest absolute Gasteiger partial charge is 0.438 e. The predicted octanol–water partition coefficient (Wildman–Crippen LogP) is 4.98. The summed E-state index contributed by atoms with van der Waals surface area (Å²) in [5.74, 6) is 1.65. The van der Waals surface area contributed by atoms with E-state index in [0.717, 1.165) is 27.5 Å². The zero-order valence-corrected chi connectivity index (χ0v) is 13.6. The average Bonchev–Trinajstić information content (AvgIpc) is 2.41. The molecule has 0 saturated carbocycles. The van der Waals surface area contributed by atoms with E-state index in [1.54, 1.807) is 6.20 Å². The van der Waals surface area contributed by atoms with Gasteiger partial charge in [-0.15, -0.1) is 0 Å². The average molecular weight is 305 g/mol. The Morgan fingerprint density at radius 1 is 1.19 bits per heavy atom. The van der Waals surface area contributed by atoms with Gasteiger partial charge >= 0.3 is 0 Å². The summed E-state index contributed by atoms with van der Waals surface area (Å²) in [4.78, 5) is 4.30. The van der Waals surface area contributed by atoms with Gasteiger partial charge in [0.2, 0.25) is 5.88 Å². The number of benzene rings is 1. The summed E-state index contributed by atoms with van der Waals surface area (Å²) in [5.41, 5.74) is 8.90. The van der Waals surface area contributed by atoms with Gasteiger partial charge in [0.1, 0.15) is 5.75 Å². The fraction of sp³-hybridized carbons (Fsp3) is 0.353. The second kappa shape index (κ2) is 6.46. The van der Waals surface area contributed by atoms with Crippen molar-refractivity contribution in [3.8, 4) is 11.6 Å². The van der Waals surface area contributed by atoms with Crippen molar-refractivity contribution in [1.82, 2.24) is 4.98 Å². The lowest BCUT2D eigenvalue weighted by atomic mass is 10.0. The van der Waals surface area contributed by atoms with Gasteiger partial charge in [0, 0.05) is 22.8 Å². The first kappa shape index (κ1) is 15.8. The number of rotatable bonds is 4. The van der Waals surface area contributed by atoms with E-state index in [2.05, 4.69) is 18.8 Å². The monoisotopic (exact) mass is 304 g/mol. The molecule has 0 saturated heterocycles. The zero-order valence-electron chi connectivity index (χ0n) is 12.9. The van der Waals surface area contributed by atoms with Gasteiger partial charge in [-0.1, -0.05) is 31.5 Å². The highest BCUT2D eigenvalue weighted by Gasteiger charge is 2.14. The Morgan fingerprint density at radius 2 is 1.90 bits per heavy atom. The van der Waals surface area contributed by atoms with Crippen molar-refractivity contribution in [2.75, 3.05) is 0 Å². The van der Waals surface area contributed by atoms with Gasteiger partial charge in [-0.25, -0.2) is 4.98 Å². The van der Waals surface area contributed by atoms with Crippen LogP contribution < -0.4 is 10.5 Å². The van der Waals surface area contributed by atoms with Crippen molar-refractivity contribution >= 4 is 11.6 Å². The number of pyridine rings is 1. The van der Waals surface area contributed by atoms with Crippen LogP contribution in [0.25, 0.3) is 0 Å². The summed E-state index contributed by atoms with van der Waals surface area (Å²) in [6.07, 6.45) is 1.70. The number of hydrogen-bond donors (Lipinski definition) is 1. The van der Waals surface area contributed by atoms with Gasteiger partial charge in [0.05, 0.1) is 0 Å². The summed E-state index contributed by atoms with van der Waals surface area (Å²) in [7, 11) is 0. The smallest absolute Gasteiger partial charge is 0.223 e. The molecule has 0 bridgehead atoms. The van der Waals surface area contributed by atoms with Crippen molar-refractivity contribution in [3.05, 3.63) is 52.2 Å². The highest BCUT2D eigenvalue weighted by Crippen LogP contribution is 2.34.